The molecule has 0 fully saturated rings. The Morgan fingerprint density at radius 3 is 2.57 bits per heavy atom. The van der Waals surface area contributed by atoms with Gasteiger partial charge in [0.2, 0.25) is 5.91 Å². The summed E-state index contributed by atoms with van der Waals surface area (Å²) in [6.45, 7) is 4.51. The second kappa shape index (κ2) is 10.0. The molecular weight excluding hydrogens is 382 g/mol. The van der Waals surface area contributed by atoms with E-state index in [1.807, 2.05) is 13.1 Å². The Bertz CT molecular complexity index is 903. The number of ether oxygens (including phenoxy) is 3. The Hall–Kier alpha value is -2.65. The Labute approximate surface area is 167 Å². The summed E-state index contributed by atoms with van der Waals surface area (Å²) in [4.78, 5) is 30.6. The molecular formula is C19H25N3O5S. The number of thiazole rings is 1. The fourth-order valence-electron chi connectivity index (χ4n) is 2.50. The predicted octanol–water partition coefficient (Wildman–Crippen LogP) is 1.94. The fourth-order valence-corrected chi connectivity index (χ4v) is 3.40. The number of amides is 2. The van der Waals surface area contributed by atoms with Crippen LogP contribution in [0, 0.1) is 6.92 Å². The van der Waals surface area contributed by atoms with Crippen molar-refractivity contribution in [2.24, 2.45) is 4.99 Å². The normalized spacial score (nSPS) is 12.5. The van der Waals surface area contributed by atoms with Gasteiger partial charge in [0, 0.05) is 30.3 Å². The van der Waals surface area contributed by atoms with E-state index in [1.54, 1.807) is 36.8 Å². The van der Waals surface area contributed by atoms with E-state index in [2.05, 4.69) is 10.3 Å². The minimum absolute atomic E-state index is 0.171. The summed E-state index contributed by atoms with van der Waals surface area (Å²) in [5.74, 6) is 0.380. The lowest BCUT2D eigenvalue weighted by molar-refractivity contribution is -0.124. The molecule has 8 nitrogen and oxygen atoms in total. The number of carbonyl (C=O) groups is 2. The van der Waals surface area contributed by atoms with Crippen LogP contribution < -0.4 is 19.6 Å². The van der Waals surface area contributed by atoms with E-state index in [0.717, 1.165) is 4.88 Å². The van der Waals surface area contributed by atoms with Crippen LogP contribution in [0.3, 0.4) is 0 Å². The van der Waals surface area contributed by atoms with Crippen molar-refractivity contribution in [3.63, 3.8) is 0 Å². The predicted molar refractivity (Wildman–Crippen MR) is 106 cm³/mol. The standard InChI is InChI=1S/C19H25N3O5S/c1-12-11-22(13(2)17(23)20-8-9-25-3)19(28-12)21-18(24)14-6-7-15(26-4)16(10-14)27-5/h6-7,10-11,13H,8-9H2,1-5H3,(H,20,23)/t13-/m0/s1. The van der Waals surface area contributed by atoms with E-state index in [4.69, 9.17) is 14.2 Å². The molecule has 0 bridgehead atoms. The van der Waals surface area contributed by atoms with E-state index in [-0.39, 0.29) is 5.91 Å². The van der Waals surface area contributed by atoms with Crippen molar-refractivity contribution in [3.8, 4) is 11.5 Å². The van der Waals surface area contributed by atoms with Crippen LogP contribution >= 0.6 is 11.3 Å². The van der Waals surface area contributed by atoms with E-state index in [9.17, 15) is 9.59 Å². The molecule has 2 amide bonds. The lowest BCUT2D eigenvalue weighted by Crippen LogP contribution is -2.36. The van der Waals surface area contributed by atoms with E-state index in [0.29, 0.717) is 35.0 Å². The van der Waals surface area contributed by atoms with E-state index < -0.39 is 11.9 Å². The summed E-state index contributed by atoms with van der Waals surface area (Å²) >= 11 is 1.34. The number of nitrogens with zero attached hydrogens (tertiary/aromatic N) is 2. The first-order valence-corrected chi connectivity index (χ1v) is 9.49. The number of aryl methyl sites for hydroxylation is 1. The number of benzene rings is 1. The highest BCUT2D eigenvalue weighted by Crippen LogP contribution is 2.27. The minimum atomic E-state index is -0.515. The number of rotatable bonds is 8. The lowest BCUT2D eigenvalue weighted by atomic mass is 10.2. The molecule has 1 aromatic carbocycles. The second-order valence-electron chi connectivity index (χ2n) is 5.98. The number of hydrogen-bond donors (Lipinski definition) is 1. The van der Waals surface area contributed by atoms with Gasteiger partial charge in [-0.15, -0.1) is 11.3 Å². The van der Waals surface area contributed by atoms with Crippen LogP contribution in [0.25, 0.3) is 0 Å². The van der Waals surface area contributed by atoms with Crippen molar-refractivity contribution in [1.29, 1.82) is 0 Å². The van der Waals surface area contributed by atoms with Gasteiger partial charge in [0.05, 0.1) is 20.8 Å². The molecule has 2 rings (SSSR count). The maximum atomic E-state index is 12.7. The maximum Gasteiger partial charge on any atom is 0.279 e. The molecule has 1 heterocycles. The van der Waals surface area contributed by atoms with Crippen molar-refractivity contribution < 1.29 is 23.8 Å². The van der Waals surface area contributed by atoms with Crippen LogP contribution in [0.4, 0.5) is 0 Å². The Morgan fingerprint density at radius 1 is 1.21 bits per heavy atom. The third-order valence-electron chi connectivity index (χ3n) is 4.02. The zero-order valence-corrected chi connectivity index (χ0v) is 17.5. The average Bonchev–Trinajstić information content (AvgIpc) is 3.06. The molecule has 28 heavy (non-hydrogen) atoms. The summed E-state index contributed by atoms with van der Waals surface area (Å²) < 4.78 is 17.1. The summed E-state index contributed by atoms with van der Waals surface area (Å²) in [6, 6.07) is 4.34. The largest absolute Gasteiger partial charge is 0.493 e. The monoisotopic (exact) mass is 407 g/mol. The molecule has 0 aliphatic heterocycles. The number of nitrogens with one attached hydrogen (secondary N) is 1. The quantitative estimate of drug-likeness (QED) is 0.676. The van der Waals surface area contributed by atoms with Gasteiger partial charge >= 0.3 is 0 Å². The first kappa shape index (κ1) is 21.6. The molecule has 2 aromatic rings. The minimum Gasteiger partial charge on any atom is -0.493 e. The molecule has 1 atom stereocenters. The van der Waals surface area contributed by atoms with Crippen LogP contribution in [0.15, 0.2) is 29.4 Å². The molecule has 0 spiro atoms. The molecule has 1 N–H and O–H groups in total. The summed E-state index contributed by atoms with van der Waals surface area (Å²) in [5.41, 5.74) is 0.368. The van der Waals surface area contributed by atoms with Gasteiger partial charge in [-0.05, 0) is 32.0 Å². The number of carbonyl (C=O) groups excluding carboxylic acids is 2. The Kier molecular flexibility index (Phi) is 7.77. The van der Waals surface area contributed by atoms with Gasteiger partial charge < -0.3 is 24.1 Å². The van der Waals surface area contributed by atoms with Crippen LogP contribution in [-0.4, -0.2) is 50.9 Å². The van der Waals surface area contributed by atoms with Gasteiger partial charge in [0.1, 0.15) is 6.04 Å². The van der Waals surface area contributed by atoms with Gasteiger partial charge in [-0.25, -0.2) is 0 Å². The zero-order valence-electron chi connectivity index (χ0n) is 16.6. The highest BCUT2D eigenvalue weighted by atomic mass is 32.1. The number of hydrogen-bond acceptors (Lipinski definition) is 6. The highest BCUT2D eigenvalue weighted by molar-refractivity contribution is 7.09. The topological polar surface area (TPSA) is 91.2 Å². The van der Waals surface area contributed by atoms with Crippen LogP contribution in [0.5, 0.6) is 11.5 Å². The van der Waals surface area contributed by atoms with Crippen molar-refractivity contribution in [1.82, 2.24) is 9.88 Å². The Balaban J connectivity index is 2.31. The summed E-state index contributed by atoms with van der Waals surface area (Å²) in [6.07, 6.45) is 1.81. The smallest absolute Gasteiger partial charge is 0.279 e. The molecule has 0 unspecified atom stereocenters. The molecule has 0 radical (unpaired) electrons. The fraction of sp³-hybridized carbons (Fsp3) is 0.421. The third kappa shape index (κ3) is 5.20. The molecule has 1 aromatic heterocycles. The molecule has 152 valence electrons. The summed E-state index contributed by atoms with van der Waals surface area (Å²) in [7, 11) is 4.60. The van der Waals surface area contributed by atoms with Crippen molar-refractivity contribution >= 4 is 23.2 Å². The SMILES string of the molecule is COCCNC(=O)[C@H](C)n1cc(C)sc1=NC(=O)c1ccc(OC)c(OC)c1. The van der Waals surface area contributed by atoms with Gasteiger partial charge in [0.15, 0.2) is 16.3 Å². The van der Waals surface area contributed by atoms with Gasteiger partial charge in [-0.2, -0.15) is 4.99 Å². The van der Waals surface area contributed by atoms with Crippen LogP contribution in [-0.2, 0) is 9.53 Å². The number of methoxy groups -OCH3 is 3. The van der Waals surface area contributed by atoms with E-state index >= 15 is 0 Å². The van der Waals surface area contributed by atoms with Gasteiger partial charge in [0.25, 0.3) is 5.91 Å². The van der Waals surface area contributed by atoms with Crippen molar-refractivity contribution in [2.45, 2.75) is 19.9 Å². The van der Waals surface area contributed by atoms with Crippen molar-refractivity contribution in [2.75, 3.05) is 34.5 Å². The van der Waals surface area contributed by atoms with Gasteiger partial charge in [-0.3, -0.25) is 9.59 Å². The Morgan fingerprint density at radius 2 is 1.93 bits per heavy atom. The third-order valence-corrected chi connectivity index (χ3v) is 4.94. The van der Waals surface area contributed by atoms with Crippen molar-refractivity contribution in [3.05, 3.63) is 39.6 Å². The molecule has 0 saturated heterocycles. The molecule has 0 saturated carbocycles. The molecule has 0 aliphatic rings. The summed E-state index contributed by atoms with van der Waals surface area (Å²) in [5, 5.41) is 2.79. The average molecular weight is 407 g/mol. The van der Waals surface area contributed by atoms with Gasteiger partial charge in [-0.1, -0.05) is 0 Å². The lowest BCUT2D eigenvalue weighted by Gasteiger charge is -2.13. The first-order chi connectivity index (χ1) is 13.4. The zero-order chi connectivity index (χ0) is 20.7. The van der Waals surface area contributed by atoms with E-state index in [1.165, 1.54) is 25.6 Å². The highest BCUT2D eigenvalue weighted by Gasteiger charge is 2.17. The number of aromatic nitrogens is 1. The van der Waals surface area contributed by atoms with Crippen LogP contribution in [0.1, 0.15) is 28.2 Å². The first-order valence-electron chi connectivity index (χ1n) is 8.67. The molecule has 0 aliphatic carbocycles. The second-order valence-corrected chi connectivity index (χ2v) is 7.19. The van der Waals surface area contributed by atoms with Crippen LogP contribution in [0.2, 0.25) is 0 Å². The molecule has 9 heteroatoms. The maximum absolute atomic E-state index is 12.7.